The number of hydrogen-bond donors (Lipinski definition) is 1. The summed E-state index contributed by atoms with van der Waals surface area (Å²) < 4.78 is 56.0. The standard InChI is InChI=1S/C31H39FN6O6S/c1-6-36(5)45(41,42)35-27-12-10-25(32)28(24(27)19-33)43-22-9-11-26-23(18-22)29(39)38(20-34-26)15-7-8-21-13-16-37(17-14-21)30(40)44-31(2,3)4/h9-12,18,20-21,35H,6-8,13-17H2,1-5H3. The minimum Gasteiger partial charge on any atom is -0.453 e. The maximum Gasteiger partial charge on any atom is 0.410 e. The Balaban J connectivity index is 1.45. The number of aryl methyl sites for hydroxylation is 1. The van der Waals surface area contributed by atoms with Crippen LogP contribution in [0.1, 0.15) is 58.9 Å². The summed E-state index contributed by atoms with van der Waals surface area (Å²) in [5.41, 5.74) is -0.895. The van der Waals surface area contributed by atoms with Gasteiger partial charge in [-0.25, -0.2) is 14.2 Å². The van der Waals surface area contributed by atoms with Gasteiger partial charge in [0.25, 0.3) is 5.56 Å². The highest BCUT2D eigenvalue weighted by molar-refractivity contribution is 7.90. The van der Waals surface area contributed by atoms with Crippen molar-refractivity contribution < 1.29 is 27.1 Å². The molecule has 0 aliphatic carbocycles. The zero-order valence-electron chi connectivity index (χ0n) is 26.2. The van der Waals surface area contributed by atoms with E-state index in [0.29, 0.717) is 31.1 Å². The maximum atomic E-state index is 14.9. The van der Waals surface area contributed by atoms with Gasteiger partial charge in [0.1, 0.15) is 23.0 Å². The van der Waals surface area contributed by atoms with Crippen molar-refractivity contribution in [3.63, 3.8) is 0 Å². The van der Waals surface area contributed by atoms with E-state index in [-0.39, 0.29) is 40.6 Å². The van der Waals surface area contributed by atoms with Gasteiger partial charge in [-0.05, 0) is 82.7 Å². The topological polar surface area (TPSA) is 147 Å². The number of likely N-dealkylation sites (tertiary alicyclic amines) is 1. The lowest BCUT2D eigenvalue weighted by Gasteiger charge is -2.33. The predicted molar refractivity (Wildman–Crippen MR) is 168 cm³/mol. The van der Waals surface area contributed by atoms with E-state index in [1.165, 1.54) is 30.1 Å². The third-order valence-corrected chi connectivity index (χ3v) is 9.17. The smallest absolute Gasteiger partial charge is 0.410 e. The molecule has 1 saturated heterocycles. The van der Waals surface area contributed by atoms with Crippen LogP contribution in [0, 0.1) is 23.1 Å². The fraction of sp³-hybridized carbons (Fsp3) is 0.484. The minimum absolute atomic E-state index is 0.0805. The molecule has 1 amide bonds. The van der Waals surface area contributed by atoms with Crippen molar-refractivity contribution in [1.82, 2.24) is 18.8 Å². The molecule has 1 N–H and O–H groups in total. The van der Waals surface area contributed by atoms with Crippen LogP contribution in [-0.2, 0) is 21.5 Å². The van der Waals surface area contributed by atoms with Crippen molar-refractivity contribution in [2.45, 2.75) is 65.5 Å². The van der Waals surface area contributed by atoms with Gasteiger partial charge in [-0.1, -0.05) is 6.92 Å². The van der Waals surface area contributed by atoms with E-state index >= 15 is 0 Å². The van der Waals surface area contributed by atoms with Gasteiger partial charge in [-0.2, -0.15) is 18.0 Å². The second kappa shape index (κ2) is 13.8. The first-order chi connectivity index (χ1) is 21.2. The van der Waals surface area contributed by atoms with Gasteiger partial charge in [0.2, 0.25) is 0 Å². The molecule has 1 aliphatic heterocycles. The molecule has 1 aliphatic rings. The summed E-state index contributed by atoms with van der Waals surface area (Å²) in [4.78, 5) is 31.8. The van der Waals surface area contributed by atoms with Crippen LogP contribution in [-0.4, -0.2) is 65.6 Å². The fourth-order valence-corrected chi connectivity index (χ4v) is 5.94. The monoisotopic (exact) mass is 642 g/mol. The van der Waals surface area contributed by atoms with Gasteiger partial charge in [0, 0.05) is 33.2 Å². The highest BCUT2D eigenvalue weighted by Gasteiger charge is 2.27. The number of aromatic nitrogens is 2. The number of ether oxygens (including phenoxy) is 2. The molecule has 3 aromatic rings. The third-order valence-electron chi connectivity index (χ3n) is 7.61. The summed E-state index contributed by atoms with van der Waals surface area (Å²) in [6.45, 7) is 9.09. The van der Waals surface area contributed by atoms with Crippen LogP contribution in [0.4, 0.5) is 14.9 Å². The van der Waals surface area contributed by atoms with E-state index in [0.717, 1.165) is 42.1 Å². The van der Waals surface area contributed by atoms with Crippen molar-refractivity contribution in [3.8, 4) is 17.6 Å². The predicted octanol–water partition coefficient (Wildman–Crippen LogP) is 5.24. The molecule has 14 heteroatoms. The number of nitrogens with zero attached hydrogens (tertiary/aromatic N) is 5. The normalized spacial score (nSPS) is 14.4. The van der Waals surface area contributed by atoms with E-state index in [9.17, 15) is 27.7 Å². The summed E-state index contributed by atoms with van der Waals surface area (Å²) >= 11 is 0. The maximum absolute atomic E-state index is 14.9. The lowest BCUT2D eigenvalue weighted by Crippen LogP contribution is -2.41. The molecule has 12 nitrogen and oxygen atoms in total. The number of carbonyl (C=O) groups excluding carboxylic acids is 1. The molecule has 1 aromatic heterocycles. The number of benzene rings is 2. The molecule has 0 atom stereocenters. The van der Waals surface area contributed by atoms with Crippen LogP contribution in [0.5, 0.6) is 11.5 Å². The quantitative estimate of drug-likeness (QED) is 0.316. The molecule has 0 unspecified atom stereocenters. The van der Waals surface area contributed by atoms with Crippen LogP contribution in [0.25, 0.3) is 10.9 Å². The molecule has 0 spiro atoms. The second-order valence-electron chi connectivity index (χ2n) is 12.0. The fourth-order valence-electron chi connectivity index (χ4n) is 5.00. The molecule has 0 saturated carbocycles. The highest BCUT2D eigenvalue weighted by atomic mass is 32.2. The lowest BCUT2D eigenvalue weighted by atomic mass is 9.92. The first-order valence-corrected chi connectivity index (χ1v) is 16.3. The highest BCUT2D eigenvalue weighted by Crippen LogP contribution is 2.34. The Kier molecular flexibility index (Phi) is 10.3. The largest absolute Gasteiger partial charge is 0.453 e. The van der Waals surface area contributed by atoms with Crippen LogP contribution >= 0.6 is 0 Å². The first kappa shape index (κ1) is 33.7. The van der Waals surface area contributed by atoms with Crippen molar-refractivity contribution >= 4 is 32.9 Å². The summed E-state index contributed by atoms with van der Waals surface area (Å²) in [5, 5.41) is 10.0. The first-order valence-electron chi connectivity index (χ1n) is 14.8. The Morgan fingerprint density at radius 1 is 1.22 bits per heavy atom. The van der Waals surface area contributed by atoms with E-state index in [1.54, 1.807) is 17.9 Å². The van der Waals surface area contributed by atoms with Crippen molar-refractivity contribution in [2.24, 2.45) is 5.92 Å². The van der Waals surface area contributed by atoms with Gasteiger partial charge in [0.05, 0.1) is 22.9 Å². The summed E-state index contributed by atoms with van der Waals surface area (Å²) in [6, 6.07) is 8.43. The summed E-state index contributed by atoms with van der Waals surface area (Å²) in [6.07, 6.45) is 4.57. The molecule has 4 rings (SSSR count). The minimum atomic E-state index is -3.98. The van der Waals surface area contributed by atoms with Crippen molar-refractivity contribution in [2.75, 3.05) is 31.4 Å². The summed E-state index contributed by atoms with van der Waals surface area (Å²) in [7, 11) is -2.62. The number of nitriles is 1. The van der Waals surface area contributed by atoms with Gasteiger partial charge in [0.15, 0.2) is 11.6 Å². The zero-order valence-corrected chi connectivity index (χ0v) is 27.0. The van der Waals surface area contributed by atoms with Crippen LogP contribution < -0.4 is 15.0 Å². The average Bonchev–Trinajstić information content (AvgIpc) is 2.99. The molecule has 1 fully saturated rings. The van der Waals surface area contributed by atoms with E-state index in [4.69, 9.17) is 9.47 Å². The Bertz CT molecular complexity index is 1760. The average molecular weight is 643 g/mol. The second-order valence-corrected chi connectivity index (χ2v) is 13.8. The number of hydrogen-bond acceptors (Lipinski definition) is 8. The van der Waals surface area contributed by atoms with Gasteiger partial charge >= 0.3 is 16.3 Å². The number of carbonyl (C=O) groups is 1. The third kappa shape index (κ3) is 8.29. The number of piperidine rings is 1. The molecule has 0 bridgehead atoms. The Morgan fingerprint density at radius 3 is 2.58 bits per heavy atom. The molecular weight excluding hydrogens is 603 g/mol. The van der Waals surface area contributed by atoms with E-state index in [2.05, 4.69) is 9.71 Å². The Morgan fingerprint density at radius 2 is 1.93 bits per heavy atom. The molecule has 0 radical (unpaired) electrons. The van der Waals surface area contributed by atoms with Crippen LogP contribution in [0.2, 0.25) is 0 Å². The van der Waals surface area contributed by atoms with Gasteiger partial charge in [-0.3, -0.25) is 14.1 Å². The van der Waals surface area contributed by atoms with Crippen LogP contribution in [0.15, 0.2) is 41.5 Å². The lowest BCUT2D eigenvalue weighted by molar-refractivity contribution is 0.0180. The number of halogens is 1. The number of anilines is 1. The summed E-state index contributed by atoms with van der Waals surface area (Å²) in [5.74, 6) is -0.839. The Hall–Kier alpha value is -4.22. The molecule has 2 heterocycles. The van der Waals surface area contributed by atoms with Crippen molar-refractivity contribution in [1.29, 1.82) is 5.26 Å². The number of amides is 1. The van der Waals surface area contributed by atoms with E-state index < -0.39 is 27.4 Å². The molecule has 242 valence electrons. The molecule has 45 heavy (non-hydrogen) atoms. The van der Waals surface area contributed by atoms with Gasteiger partial charge in [-0.15, -0.1) is 0 Å². The number of fused-ring (bicyclic) bond motifs is 1. The van der Waals surface area contributed by atoms with Gasteiger partial charge < -0.3 is 14.4 Å². The van der Waals surface area contributed by atoms with Crippen LogP contribution in [0.3, 0.4) is 0 Å². The zero-order chi connectivity index (χ0) is 32.9. The Labute approximate surface area is 262 Å². The molecular formula is C31H39FN6O6S. The number of nitrogens with one attached hydrogen (secondary N) is 1. The molecule has 2 aromatic carbocycles. The SMILES string of the molecule is CCN(C)S(=O)(=O)Nc1ccc(F)c(Oc2ccc3ncn(CCCC4CCN(C(=O)OC(C)(C)C)CC4)c(=O)c3c2)c1C#N. The number of rotatable bonds is 10. The van der Waals surface area contributed by atoms with E-state index in [1.807, 2.05) is 26.8 Å². The van der Waals surface area contributed by atoms with Crippen molar-refractivity contribution in [3.05, 3.63) is 58.4 Å².